The van der Waals surface area contributed by atoms with Crippen LogP contribution in [0.4, 0.5) is 0 Å². The summed E-state index contributed by atoms with van der Waals surface area (Å²) in [5, 5.41) is 46.8. The Bertz CT molecular complexity index is 1130. The normalized spacial score (nSPS) is 16.8. The fraction of sp³-hybridized carbons (Fsp3) is 0.640. The summed E-state index contributed by atoms with van der Waals surface area (Å²) in [6.45, 7) is 2.65. The van der Waals surface area contributed by atoms with Gasteiger partial charge in [0, 0.05) is 26.4 Å². The van der Waals surface area contributed by atoms with Crippen LogP contribution in [0.1, 0.15) is 58.8 Å². The lowest BCUT2D eigenvalue weighted by Gasteiger charge is -2.30. The first-order valence-electron chi connectivity index (χ1n) is 13.8. The molecule has 19 nitrogen and oxygen atoms in total. The van der Waals surface area contributed by atoms with Crippen LogP contribution in [0.5, 0.6) is 0 Å². The maximum Gasteiger partial charge on any atom is 0.326 e. The number of guanidine groups is 1. The van der Waals surface area contributed by atoms with Crippen LogP contribution in [0.15, 0.2) is 0 Å². The molecule has 0 unspecified atom stereocenters. The molecule has 44 heavy (non-hydrogen) atoms. The molecule has 1 fully saturated rings. The summed E-state index contributed by atoms with van der Waals surface area (Å²) in [7, 11) is 0. The summed E-state index contributed by atoms with van der Waals surface area (Å²) in [6.07, 6.45) is -1.27. The Hall–Kier alpha value is -4.97. The lowest BCUT2D eigenvalue weighted by Crippen LogP contribution is -2.58. The summed E-state index contributed by atoms with van der Waals surface area (Å²) in [6, 6.07) is -6.85. The summed E-state index contributed by atoms with van der Waals surface area (Å²) in [4.78, 5) is 98.8. The Balaban J connectivity index is 3.08. The minimum atomic E-state index is -1.72. The molecule has 1 saturated heterocycles. The highest BCUT2D eigenvalue weighted by molar-refractivity contribution is 5.97. The zero-order chi connectivity index (χ0) is 33.6. The second-order valence-electron chi connectivity index (χ2n) is 10.1. The lowest BCUT2D eigenvalue weighted by atomic mass is 10.1. The maximum atomic E-state index is 13.4. The number of rotatable bonds is 18. The van der Waals surface area contributed by atoms with Crippen LogP contribution >= 0.6 is 0 Å². The number of aliphatic carboxylic acids is 3. The first-order valence-corrected chi connectivity index (χ1v) is 13.8. The van der Waals surface area contributed by atoms with Crippen LogP contribution in [0.3, 0.4) is 0 Å². The number of carbonyl (C=O) groups excluding carboxylic acids is 5. The van der Waals surface area contributed by atoms with E-state index in [0.29, 0.717) is 6.42 Å². The number of carboxylic acids is 3. The highest BCUT2D eigenvalue weighted by atomic mass is 16.4. The summed E-state index contributed by atoms with van der Waals surface area (Å²) in [5.74, 6) is -8.64. The number of hydrogen-bond donors (Lipinski definition) is 10. The van der Waals surface area contributed by atoms with Gasteiger partial charge in [0.1, 0.15) is 30.2 Å². The SMILES string of the molecule is CC(=O)N[C@@H](C)C(=O)N[C@@H](CCC(=O)O)C(=O)N[C@@H](CC(=O)O)C(=O)N1CCC[C@H]1C(=O)N[C@@H](CCCNC(=N)N)C(=O)O. The minimum absolute atomic E-state index is 0.00338. The van der Waals surface area contributed by atoms with Crippen molar-refractivity contribution in [2.24, 2.45) is 5.73 Å². The van der Waals surface area contributed by atoms with Crippen molar-refractivity contribution in [3.63, 3.8) is 0 Å². The predicted molar refractivity (Wildman–Crippen MR) is 150 cm³/mol. The Morgan fingerprint density at radius 1 is 0.886 bits per heavy atom. The Labute approximate surface area is 252 Å². The van der Waals surface area contributed by atoms with Crippen molar-refractivity contribution in [2.45, 2.75) is 89.0 Å². The lowest BCUT2D eigenvalue weighted by molar-refractivity contribution is -0.147. The average Bonchev–Trinajstić information content (AvgIpc) is 3.40. The Kier molecular flexibility index (Phi) is 15.0. The van der Waals surface area contributed by atoms with Crippen molar-refractivity contribution >= 4 is 53.4 Å². The van der Waals surface area contributed by atoms with Crippen molar-refractivity contribution in [2.75, 3.05) is 13.1 Å². The number of likely N-dealkylation sites (tertiary alicyclic amines) is 1. The van der Waals surface area contributed by atoms with Gasteiger partial charge < -0.3 is 52.5 Å². The number of nitrogens with one attached hydrogen (secondary N) is 6. The third-order valence-corrected chi connectivity index (χ3v) is 6.52. The molecular formula is C25H40N8O11. The molecule has 0 radical (unpaired) electrons. The molecule has 0 aromatic rings. The fourth-order valence-electron chi connectivity index (χ4n) is 4.41. The maximum absolute atomic E-state index is 13.4. The van der Waals surface area contributed by atoms with Crippen molar-refractivity contribution in [3.8, 4) is 0 Å². The van der Waals surface area contributed by atoms with Crippen LogP contribution in [0, 0.1) is 5.41 Å². The predicted octanol–water partition coefficient (Wildman–Crippen LogP) is -3.36. The number of amides is 5. The number of nitrogens with two attached hydrogens (primary N) is 1. The summed E-state index contributed by atoms with van der Waals surface area (Å²) < 4.78 is 0. The molecule has 1 aliphatic rings. The number of carboxylic acid groups (broad SMARTS) is 3. The molecule has 1 aliphatic heterocycles. The van der Waals surface area contributed by atoms with E-state index in [1.54, 1.807) is 0 Å². The van der Waals surface area contributed by atoms with Gasteiger partial charge in [0.05, 0.1) is 6.42 Å². The van der Waals surface area contributed by atoms with Crippen molar-refractivity contribution in [1.29, 1.82) is 5.41 Å². The van der Waals surface area contributed by atoms with E-state index in [4.69, 9.17) is 16.2 Å². The summed E-state index contributed by atoms with van der Waals surface area (Å²) in [5.41, 5.74) is 5.18. The first-order chi connectivity index (χ1) is 20.5. The zero-order valence-electron chi connectivity index (χ0n) is 24.4. The molecule has 0 aromatic heterocycles. The summed E-state index contributed by atoms with van der Waals surface area (Å²) >= 11 is 0. The molecule has 0 aliphatic carbocycles. The first kappa shape index (κ1) is 37.1. The van der Waals surface area contributed by atoms with Crippen LogP contribution < -0.4 is 32.3 Å². The number of nitrogens with zero attached hydrogens (tertiary/aromatic N) is 1. The highest BCUT2D eigenvalue weighted by Crippen LogP contribution is 2.20. The molecular weight excluding hydrogens is 588 g/mol. The molecule has 5 amide bonds. The highest BCUT2D eigenvalue weighted by Gasteiger charge is 2.40. The van der Waals surface area contributed by atoms with Crippen LogP contribution in [-0.2, 0) is 38.4 Å². The van der Waals surface area contributed by atoms with Gasteiger partial charge in [0.15, 0.2) is 5.96 Å². The molecule has 0 bridgehead atoms. The topological polar surface area (TPSA) is 311 Å². The van der Waals surface area contributed by atoms with E-state index in [1.165, 1.54) is 6.92 Å². The molecule has 0 spiro atoms. The Morgan fingerprint density at radius 2 is 1.52 bits per heavy atom. The zero-order valence-corrected chi connectivity index (χ0v) is 24.4. The molecule has 5 atom stereocenters. The number of carbonyl (C=O) groups is 8. The molecule has 1 rings (SSSR count). The van der Waals surface area contributed by atoms with Gasteiger partial charge in [-0.1, -0.05) is 0 Å². The van der Waals surface area contributed by atoms with E-state index >= 15 is 0 Å². The van der Waals surface area contributed by atoms with E-state index in [0.717, 1.165) is 11.8 Å². The molecule has 19 heteroatoms. The van der Waals surface area contributed by atoms with Gasteiger partial charge >= 0.3 is 17.9 Å². The quantitative estimate of drug-likeness (QED) is 0.0403. The van der Waals surface area contributed by atoms with Gasteiger partial charge in [-0.2, -0.15) is 0 Å². The molecule has 11 N–H and O–H groups in total. The average molecular weight is 629 g/mol. The van der Waals surface area contributed by atoms with E-state index in [9.17, 15) is 48.6 Å². The van der Waals surface area contributed by atoms with Crippen molar-refractivity contribution in [1.82, 2.24) is 31.5 Å². The van der Waals surface area contributed by atoms with E-state index in [-0.39, 0.29) is 38.3 Å². The third-order valence-electron chi connectivity index (χ3n) is 6.52. The van der Waals surface area contributed by atoms with E-state index in [2.05, 4.69) is 26.6 Å². The van der Waals surface area contributed by atoms with Gasteiger partial charge in [-0.25, -0.2) is 4.79 Å². The third kappa shape index (κ3) is 12.9. The van der Waals surface area contributed by atoms with Crippen LogP contribution in [0.25, 0.3) is 0 Å². The van der Waals surface area contributed by atoms with Crippen molar-refractivity contribution in [3.05, 3.63) is 0 Å². The Morgan fingerprint density at radius 3 is 2.07 bits per heavy atom. The van der Waals surface area contributed by atoms with E-state index in [1.807, 2.05) is 0 Å². The van der Waals surface area contributed by atoms with Gasteiger partial charge in [-0.15, -0.1) is 0 Å². The van der Waals surface area contributed by atoms with Gasteiger partial charge in [-0.3, -0.25) is 39.0 Å². The molecule has 1 heterocycles. The second-order valence-corrected chi connectivity index (χ2v) is 10.1. The fourth-order valence-corrected chi connectivity index (χ4v) is 4.41. The number of hydrogen-bond acceptors (Lipinski definition) is 9. The van der Waals surface area contributed by atoms with Crippen molar-refractivity contribution < 1.29 is 53.7 Å². The van der Waals surface area contributed by atoms with Gasteiger partial charge in [0.25, 0.3) is 0 Å². The van der Waals surface area contributed by atoms with E-state index < -0.39 is 96.9 Å². The smallest absolute Gasteiger partial charge is 0.326 e. The van der Waals surface area contributed by atoms with Crippen LogP contribution in [-0.4, -0.2) is 117 Å². The molecule has 0 saturated carbocycles. The largest absolute Gasteiger partial charge is 0.481 e. The molecule has 246 valence electrons. The monoisotopic (exact) mass is 628 g/mol. The van der Waals surface area contributed by atoms with Crippen LogP contribution in [0.2, 0.25) is 0 Å². The minimum Gasteiger partial charge on any atom is -0.481 e. The standard InChI is InChI=1S/C25H40N8O11/c1-12(29-13(2)34)20(39)30-14(7-8-18(35)36)21(40)32-16(11-19(37)38)23(42)33-10-4-6-17(33)22(41)31-15(24(43)44)5-3-9-28-25(26)27/h12,14-17H,3-11H2,1-2H3,(H,29,34)(H,30,39)(H,31,41)(H,32,40)(H,35,36)(H,37,38)(H,43,44)(H4,26,27,28)/t12-,14-,15-,16-,17-/m0/s1. The second kappa shape index (κ2) is 17.9. The van der Waals surface area contributed by atoms with Gasteiger partial charge in [-0.05, 0) is 39.0 Å². The molecule has 0 aromatic carbocycles. The van der Waals surface area contributed by atoms with Gasteiger partial charge in [0.2, 0.25) is 29.5 Å².